The minimum atomic E-state index is -1.30. The maximum Gasteiger partial charge on any atom is 0.180 e. The summed E-state index contributed by atoms with van der Waals surface area (Å²) in [6, 6.07) is 8.99. The molecular formula is C13H7Cl3OS. The predicted molar refractivity (Wildman–Crippen MR) is 75.4 cm³/mol. The van der Waals surface area contributed by atoms with Gasteiger partial charge >= 0.3 is 0 Å². The van der Waals surface area contributed by atoms with Crippen molar-refractivity contribution in [3.8, 4) is 0 Å². The van der Waals surface area contributed by atoms with E-state index in [2.05, 4.69) is 0 Å². The van der Waals surface area contributed by atoms with Crippen LogP contribution in [0, 0.1) is 0 Å². The first-order valence-electron chi connectivity index (χ1n) is 5.25. The van der Waals surface area contributed by atoms with Gasteiger partial charge < -0.3 is 4.55 Å². The molecule has 1 unspecified atom stereocenters. The molecule has 18 heavy (non-hydrogen) atoms. The Bertz CT molecular complexity index is 642. The Balaban J connectivity index is 2.22. The fourth-order valence-electron chi connectivity index (χ4n) is 2.10. The fraction of sp³-hybridized carbons (Fsp3) is 0.0769. The Morgan fingerprint density at radius 2 is 1.67 bits per heavy atom. The molecule has 0 fully saturated rings. The molecule has 0 saturated carbocycles. The molecule has 0 amide bonds. The van der Waals surface area contributed by atoms with Gasteiger partial charge in [0.05, 0.1) is 15.1 Å². The van der Waals surface area contributed by atoms with E-state index in [1.807, 2.05) is 12.1 Å². The van der Waals surface area contributed by atoms with E-state index in [1.165, 1.54) is 0 Å². The molecule has 0 aromatic heterocycles. The third kappa shape index (κ3) is 1.93. The number of fused-ring (bicyclic) bond motifs is 2. The van der Waals surface area contributed by atoms with Crippen LogP contribution in [0.15, 0.2) is 40.1 Å². The lowest BCUT2D eigenvalue weighted by Gasteiger charge is -2.22. The average molecular weight is 318 g/mol. The quantitative estimate of drug-likeness (QED) is 0.645. The highest BCUT2D eigenvalue weighted by Crippen LogP contribution is 2.40. The summed E-state index contributed by atoms with van der Waals surface area (Å²) in [5.74, 6) is 0. The largest absolute Gasteiger partial charge is 0.606 e. The van der Waals surface area contributed by atoms with E-state index in [1.54, 1.807) is 18.2 Å². The zero-order chi connectivity index (χ0) is 12.9. The van der Waals surface area contributed by atoms with Gasteiger partial charge in [-0.05, 0) is 12.1 Å². The average Bonchev–Trinajstić information content (AvgIpc) is 2.32. The summed E-state index contributed by atoms with van der Waals surface area (Å²) in [7, 11) is 0. The van der Waals surface area contributed by atoms with E-state index in [-0.39, 0.29) is 0 Å². The number of hydrogen-bond acceptors (Lipinski definition) is 1. The van der Waals surface area contributed by atoms with Crippen LogP contribution in [-0.4, -0.2) is 4.55 Å². The van der Waals surface area contributed by atoms with Gasteiger partial charge in [-0.3, -0.25) is 0 Å². The lowest BCUT2D eigenvalue weighted by atomic mass is 10.0. The smallest absolute Gasteiger partial charge is 0.180 e. The highest BCUT2D eigenvalue weighted by molar-refractivity contribution is 7.91. The van der Waals surface area contributed by atoms with Gasteiger partial charge in [0.15, 0.2) is 9.79 Å². The molecule has 92 valence electrons. The van der Waals surface area contributed by atoms with Crippen LogP contribution >= 0.6 is 34.8 Å². The second-order valence-electron chi connectivity index (χ2n) is 4.05. The standard InChI is InChI=1S/C13H7Cl3OS/c14-9-3-1-2-7-4-8-5-10(15)11(16)6-12(8)18(17)13(7)9/h1-3,5-6H,4H2. The molecular weight excluding hydrogens is 311 g/mol. The summed E-state index contributed by atoms with van der Waals surface area (Å²) in [4.78, 5) is 1.38. The first-order chi connectivity index (χ1) is 8.58. The van der Waals surface area contributed by atoms with Crippen LogP contribution in [0.2, 0.25) is 15.1 Å². The molecule has 0 N–H and O–H groups in total. The van der Waals surface area contributed by atoms with Crippen molar-refractivity contribution in [3.63, 3.8) is 0 Å². The molecule has 2 aromatic rings. The van der Waals surface area contributed by atoms with E-state index < -0.39 is 11.2 Å². The van der Waals surface area contributed by atoms with Crippen molar-refractivity contribution >= 4 is 46.0 Å². The van der Waals surface area contributed by atoms with Crippen LogP contribution in [0.5, 0.6) is 0 Å². The van der Waals surface area contributed by atoms with Crippen molar-refractivity contribution in [2.45, 2.75) is 16.2 Å². The molecule has 0 aliphatic carbocycles. The molecule has 1 nitrogen and oxygen atoms in total. The van der Waals surface area contributed by atoms with Crippen molar-refractivity contribution in [3.05, 3.63) is 56.5 Å². The Labute approximate surface area is 123 Å². The summed E-state index contributed by atoms with van der Waals surface area (Å²) in [6.45, 7) is 0. The van der Waals surface area contributed by atoms with E-state index >= 15 is 0 Å². The van der Waals surface area contributed by atoms with Gasteiger partial charge in [-0.25, -0.2) is 0 Å². The normalized spacial score (nSPS) is 17.2. The second kappa shape index (κ2) is 4.62. The molecule has 1 heterocycles. The Morgan fingerprint density at radius 3 is 2.44 bits per heavy atom. The molecule has 3 rings (SSSR count). The summed E-state index contributed by atoms with van der Waals surface area (Å²) in [5, 5.41) is 1.43. The fourth-order valence-corrected chi connectivity index (χ4v) is 4.35. The van der Waals surface area contributed by atoms with Crippen molar-refractivity contribution < 1.29 is 4.55 Å². The molecule has 1 aliphatic rings. The number of hydrogen-bond donors (Lipinski definition) is 0. The summed E-state index contributed by atoms with van der Waals surface area (Å²) < 4.78 is 12.5. The lowest BCUT2D eigenvalue weighted by molar-refractivity contribution is 0.590. The van der Waals surface area contributed by atoms with Crippen LogP contribution in [-0.2, 0) is 17.6 Å². The van der Waals surface area contributed by atoms with Gasteiger partial charge in [-0.15, -0.1) is 0 Å². The maximum absolute atomic E-state index is 12.5. The zero-order valence-electron chi connectivity index (χ0n) is 9.04. The van der Waals surface area contributed by atoms with Gasteiger partial charge in [0, 0.05) is 34.8 Å². The van der Waals surface area contributed by atoms with Gasteiger partial charge in [-0.1, -0.05) is 46.9 Å². The molecule has 1 aliphatic heterocycles. The first-order valence-corrected chi connectivity index (χ1v) is 7.53. The highest BCUT2D eigenvalue weighted by Gasteiger charge is 2.31. The molecule has 1 atom stereocenters. The number of rotatable bonds is 0. The van der Waals surface area contributed by atoms with Crippen LogP contribution < -0.4 is 0 Å². The van der Waals surface area contributed by atoms with Gasteiger partial charge in [0.1, 0.15) is 0 Å². The SMILES string of the molecule is [O-][S+]1c2cc(Cl)c(Cl)cc2Cc2cccc(Cl)c21. The Hall–Kier alpha value is -0.380. The minimum Gasteiger partial charge on any atom is -0.606 e. The minimum absolute atomic E-state index is 0.416. The second-order valence-corrected chi connectivity index (χ2v) is 6.65. The number of benzene rings is 2. The monoisotopic (exact) mass is 316 g/mol. The van der Waals surface area contributed by atoms with E-state index in [9.17, 15) is 4.55 Å². The summed E-state index contributed by atoms with van der Waals surface area (Å²) in [6.07, 6.45) is 0.674. The molecule has 5 heteroatoms. The van der Waals surface area contributed by atoms with Crippen molar-refractivity contribution in [1.29, 1.82) is 0 Å². The predicted octanol–water partition coefficient (Wildman–Crippen LogP) is 4.72. The van der Waals surface area contributed by atoms with Crippen molar-refractivity contribution in [2.24, 2.45) is 0 Å². The Morgan fingerprint density at radius 1 is 0.944 bits per heavy atom. The molecule has 0 bridgehead atoms. The molecule has 0 radical (unpaired) electrons. The van der Waals surface area contributed by atoms with E-state index in [0.717, 1.165) is 11.1 Å². The Kier molecular flexibility index (Phi) is 3.25. The van der Waals surface area contributed by atoms with E-state index in [4.69, 9.17) is 34.8 Å². The van der Waals surface area contributed by atoms with Crippen LogP contribution in [0.3, 0.4) is 0 Å². The molecule has 0 spiro atoms. The van der Waals surface area contributed by atoms with Gasteiger partial charge in [0.25, 0.3) is 0 Å². The highest BCUT2D eigenvalue weighted by atomic mass is 35.5. The van der Waals surface area contributed by atoms with Crippen molar-refractivity contribution in [1.82, 2.24) is 0 Å². The lowest BCUT2D eigenvalue weighted by Crippen LogP contribution is -2.15. The third-order valence-corrected chi connectivity index (χ3v) is 5.70. The third-order valence-electron chi connectivity index (χ3n) is 2.92. The molecule has 2 aromatic carbocycles. The topological polar surface area (TPSA) is 23.1 Å². The van der Waals surface area contributed by atoms with Crippen LogP contribution in [0.4, 0.5) is 0 Å². The van der Waals surface area contributed by atoms with Crippen LogP contribution in [0.25, 0.3) is 0 Å². The zero-order valence-corrected chi connectivity index (χ0v) is 12.1. The van der Waals surface area contributed by atoms with Gasteiger partial charge in [0.2, 0.25) is 0 Å². The van der Waals surface area contributed by atoms with Crippen molar-refractivity contribution in [2.75, 3.05) is 0 Å². The summed E-state index contributed by atoms with van der Waals surface area (Å²) in [5.41, 5.74) is 1.92. The van der Waals surface area contributed by atoms with Gasteiger partial charge in [-0.2, -0.15) is 0 Å². The van der Waals surface area contributed by atoms with E-state index in [0.29, 0.717) is 31.3 Å². The first kappa shape index (κ1) is 12.6. The number of halogens is 3. The summed E-state index contributed by atoms with van der Waals surface area (Å²) >= 11 is 16.8. The molecule has 0 saturated heterocycles. The van der Waals surface area contributed by atoms with Crippen LogP contribution in [0.1, 0.15) is 11.1 Å². The maximum atomic E-state index is 12.5.